The number of rotatable bonds is 20. The molecule has 0 radical (unpaired) electrons. The summed E-state index contributed by atoms with van der Waals surface area (Å²) in [5.41, 5.74) is 0.719. The standard InChI is InChI=1S/C33H64/c1-3-5-6-7-8-9-10-11-12-13-14-15-16-17-18-25-30-33(4-2,31-26-21-19-22-27-31)32-28-23-20-24-29-32/h31-32H,3-30H2,1-2H3. The van der Waals surface area contributed by atoms with Crippen LogP contribution >= 0.6 is 0 Å². The van der Waals surface area contributed by atoms with Gasteiger partial charge in [0.15, 0.2) is 0 Å². The van der Waals surface area contributed by atoms with Crippen LogP contribution in [0, 0.1) is 17.3 Å². The van der Waals surface area contributed by atoms with Gasteiger partial charge in [0.25, 0.3) is 0 Å². The maximum absolute atomic E-state index is 2.57. The number of hydrogen-bond acceptors (Lipinski definition) is 0. The van der Waals surface area contributed by atoms with Gasteiger partial charge in [0.1, 0.15) is 0 Å². The maximum atomic E-state index is 2.57. The average Bonchev–Trinajstić information content (AvgIpc) is 2.87. The van der Waals surface area contributed by atoms with Crippen molar-refractivity contribution >= 4 is 0 Å². The Bertz CT molecular complexity index is 394. The summed E-state index contributed by atoms with van der Waals surface area (Å²) in [6.07, 6.45) is 42.2. The maximum Gasteiger partial charge on any atom is -0.0243 e. The van der Waals surface area contributed by atoms with Crippen molar-refractivity contribution in [3.8, 4) is 0 Å². The van der Waals surface area contributed by atoms with Gasteiger partial charge in [-0.25, -0.2) is 0 Å². The second-order valence-corrected chi connectivity index (χ2v) is 12.3. The minimum Gasteiger partial charge on any atom is -0.0654 e. The van der Waals surface area contributed by atoms with Gasteiger partial charge in [-0.3, -0.25) is 0 Å². The van der Waals surface area contributed by atoms with Gasteiger partial charge in [0, 0.05) is 0 Å². The lowest BCUT2D eigenvalue weighted by Gasteiger charge is -2.49. The summed E-state index contributed by atoms with van der Waals surface area (Å²) >= 11 is 0. The van der Waals surface area contributed by atoms with Gasteiger partial charge in [-0.1, -0.05) is 155 Å². The highest BCUT2D eigenvalue weighted by atomic mass is 14.5. The molecule has 0 bridgehead atoms. The molecule has 33 heavy (non-hydrogen) atoms. The Morgan fingerprint density at radius 1 is 0.424 bits per heavy atom. The van der Waals surface area contributed by atoms with Crippen molar-refractivity contribution in [2.75, 3.05) is 0 Å². The van der Waals surface area contributed by atoms with E-state index < -0.39 is 0 Å². The van der Waals surface area contributed by atoms with Crippen LogP contribution in [0.3, 0.4) is 0 Å². The second kappa shape index (κ2) is 19.2. The summed E-state index contributed by atoms with van der Waals surface area (Å²) in [6.45, 7) is 4.88. The molecule has 0 aromatic carbocycles. The van der Waals surface area contributed by atoms with Crippen molar-refractivity contribution in [1.29, 1.82) is 0 Å². The van der Waals surface area contributed by atoms with Crippen molar-refractivity contribution < 1.29 is 0 Å². The molecule has 0 saturated heterocycles. The Kier molecular flexibility index (Phi) is 17.0. The first-order valence-corrected chi connectivity index (χ1v) is 16.3. The summed E-state index contributed by atoms with van der Waals surface area (Å²) in [5.74, 6) is 2.13. The van der Waals surface area contributed by atoms with Crippen LogP contribution in [0.15, 0.2) is 0 Å². The first kappa shape index (κ1) is 29.2. The topological polar surface area (TPSA) is 0 Å². The van der Waals surface area contributed by atoms with Crippen LogP contribution in [0.25, 0.3) is 0 Å². The molecule has 196 valence electrons. The molecule has 0 heterocycles. The van der Waals surface area contributed by atoms with E-state index in [2.05, 4.69) is 13.8 Å². The van der Waals surface area contributed by atoms with Gasteiger partial charge in [-0.05, 0) is 55.8 Å². The molecule has 0 aromatic heterocycles. The van der Waals surface area contributed by atoms with Crippen molar-refractivity contribution in [2.45, 2.75) is 194 Å². The molecule has 0 aliphatic heterocycles. The van der Waals surface area contributed by atoms with E-state index in [0.717, 1.165) is 17.3 Å². The lowest BCUT2D eigenvalue weighted by molar-refractivity contribution is 0.00692. The molecular weight excluding hydrogens is 396 g/mol. The number of unbranched alkanes of at least 4 members (excludes halogenated alkanes) is 15. The summed E-state index contributed by atoms with van der Waals surface area (Å²) < 4.78 is 0. The van der Waals surface area contributed by atoms with Crippen molar-refractivity contribution in [3.05, 3.63) is 0 Å². The summed E-state index contributed by atoms with van der Waals surface area (Å²) in [6, 6.07) is 0. The molecule has 0 heteroatoms. The highest BCUT2D eigenvalue weighted by molar-refractivity contribution is 4.93. The van der Waals surface area contributed by atoms with E-state index in [1.54, 1.807) is 32.1 Å². The van der Waals surface area contributed by atoms with Crippen LogP contribution < -0.4 is 0 Å². The SMILES string of the molecule is CCCCCCCCCCCCCCCCCCC(CC)(C1CCCCC1)C1CCCCC1. The summed E-state index contributed by atoms with van der Waals surface area (Å²) in [5, 5.41) is 0. The van der Waals surface area contributed by atoms with Gasteiger partial charge in [-0.2, -0.15) is 0 Å². The highest BCUT2D eigenvalue weighted by Gasteiger charge is 2.43. The predicted octanol–water partition coefficient (Wildman–Crippen LogP) is 12.2. The largest absolute Gasteiger partial charge is 0.0654 e. The molecule has 2 saturated carbocycles. The van der Waals surface area contributed by atoms with Crippen molar-refractivity contribution in [2.24, 2.45) is 17.3 Å². The first-order chi connectivity index (χ1) is 16.3. The Morgan fingerprint density at radius 2 is 0.758 bits per heavy atom. The molecule has 2 aliphatic carbocycles. The highest BCUT2D eigenvalue weighted by Crippen LogP contribution is 2.53. The average molecular weight is 461 g/mol. The van der Waals surface area contributed by atoms with E-state index in [9.17, 15) is 0 Å². The van der Waals surface area contributed by atoms with Crippen molar-refractivity contribution in [1.82, 2.24) is 0 Å². The van der Waals surface area contributed by atoms with Crippen LogP contribution in [0.1, 0.15) is 194 Å². The van der Waals surface area contributed by atoms with Gasteiger partial charge < -0.3 is 0 Å². The molecule has 2 rings (SSSR count). The van der Waals surface area contributed by atoms with Gasteiger partial charge >= 0.3 is 0 Å². The molecule has 0 nitrogen and oxygen atoms in total. The molecular formula is C33H64. The Labute approximate surface area is 210 Å². The normalized spacial score (nSPS) is 18.7. The van der Waals surface area contributed by atoms with Crippen LogP contribution in [-0.4, -0.2) is 0 Å². The summed E-state index contributed by atoms with van der Waals surface area (Å²) in [7, 11) is 0. The third kappa shape index (κ3) is 11.5. The van der Waals surface area contributed by atoms with Gasteiger partial charge in [-0.15, -0.1) is 0 Å². The molecule has 2 fully saturated rings. The van der Waals surface area contributed by atoms with E-state index in [-0.39, 0.29) is 0 Å². The molecule has 0 atom stereocenters. The van der Waals surface area contributed by atoms with E-state index in [0.29, 0.717) is 0 Å². The predicted molar refractivity (Wildman–Crippen MR) is 150 cm³/mol. The van der Waals surface area contributed by atoms with E-state index in [1.807, 2.05) is 0 Å². The first-order valence-electron chi connectivity index (χ1n) is 16.3. The van der Waals surface area contributed by atoms with Gasteiger partial charge in [0.05, 0.1) is 0 Å². The fraction of sp³-hybridized carbons (Fsp3) is 1.00. The quantitative estimate of drug-likeness (QED) is 0.158. The summed E-state index contributed by atoms with van der Waals surface area (Å²) in [4.78, 5) is 0. The zero-order valence-corrected chi connectivity index (χ0v) is 23.5. The van der Waals surface area contributed by atoms with E-state index >= 15 is 0 Å². The lowest BCUT2D eigenvalue weighted by atomic mass is 9.56. The third-order valence-electron chi connectivity index (χ3n) is 9.99. The molecule has 0 amide bonds. The molecule has 0 spiro atoms. The minimum atomic E-state index is 0.719. The Balaban J connectivity index is 1.51. The molecule has 0 aromatic rings. The Hall–Kier alpha value is 0. The molecule has 0 unspecified atom stereocenters. The van der Waals surface area contributed by atoms with Crippen LogP contribution in [0.5, 0.6) is 0 Å². The van der Waals surface area contributed by atoms with Crippen LogP contribution in [0.2, 0.25) is 0 Å². The zero-order valence-electron chi connectivity index (χ0n) is 23.5. The minimum absolute atomic E-state index is 0.719. The Morgan fingerprint density at radius 3 is 1.09 bits per heavy atom. The zero-order chi connectivity index (χ0) is 23.5. The molecule has 0 N–H and O–H groups in total. The van der Waals surface area contributed by atoms with Gasteiger partial charge in [0.2, 0.25) is 0 Å². The fourth-order valence-corrected chi connectivity index (χ4v) is 7.85. The van der Waals surface area contributed by atoms with Crippen LogP contribution in [-0.2, 0) is 0 Å². The van der Waals surface area contributed by atoms with E-state index in [4.69, 9.17) is 0 Å². The van der Waals surface area contributed by atoms with Crippen molar-refractivity contribution in [3.63, 3.8) is 0 Å². The lowest BCUT2D eigenvalue weighted by Crippen LogP contribution is -2.40. The van der Waals surface area contributed by atoms with E-state index in [1.165, 1.54) is 148 Å². The monoisotopic (exact) mass is 461 g/mol. The third-order valence-corrected chi connectivity index (χ3v) is 9.99. The smallest absolute Gasteiger partial charge is 0.0243 e. The second-order valence-electron chi connectivity index (χ2n) is 12.3. The fourth-order valence-electron chi connectivity index (χ4n) is 7.85. The molecule has 2 aliphatic rings. The van der Waals surface area contributed by atoms with Crippen LogP contribution in [0.4, 0.5) is 0 Å². The number of hydrogen-bond donors (Lipinski definition) is 0.